The van der Waals surface area contributed by atoms with Gasteiger partial charge >= 0.3 is 0 Å². The highest BCUT2D eigenvalue weighted by atomic mass is 16.3. The molecule has 0 aromatic carbocycles. The summed E-state index contributed by atoms with van der Waals surface area (Å²) in [7, 11) is 2.13. The van der Waals surface area contributed by atoms with Crippen LogP contribution in [0.25, 0.3) is 0 Å². The van der Waals surface area contributed by atoms with Gasteiger partial charge in [-0.25, -0.2) is 0 Å². The summed E-state index contributed by atoms with van der Waals surface area (Å²) in [5.74, 6) is 1.04. The van der Waals surface area contributed by atoms with Gasteiger partial charge in [-0.15, -0.1) is 0 Å². The maximum atomic E-state index is 12.4. The molecule has 2 aliphatic heterocycles. The molecule has 0 bridgehead atoms. The van der Waals surface area contributed by atoms with Gasteiger partial charge in [-0.2, -0.15) is 0 Å². The first-order valence-corrected chi connectivity index (χ1v) is 8.42. The summed E-state index contributed by atoms with van der Waals surface area (Å²) in [5.41, 5.74) is 0. The van der Waals surface area contributed by atoms with Crippen LogP contribution in [0.3, 0.4) is 0 Å². The van der Waals surface area contributed by atoms with E-state index in [4.69, 9.17) is 4.42 Å². The number of furan rings is 1. The fourth-order valence-corrected chi connectivity index (χ4v) is 3.36. The second kappa shape index (κ2) is 7.17. The number of hydrogen-bond donors (Lipinski definition) is 0. The van der Waals surface area contributed by atoms with Crippen molar-refractivity contribution in [3.05, 3.63) is 24.2 Å². The molecule has 0 atom stereocenters. The Bertz CT molecular complexity index is 527. The monoisotopic (exact) mass is 319 g/mol. The number of piperidine rings is 1. The number of amides is 2. The van der Waals surface area contributed by atoms with Crippen molar-refractivity contribution < 1.29 is 14.0 Å². The van der Waals surface area contributed by atoms with E-state index in [0.717, 1.165) is 25.9 Å². The van der Waals surface area contributed by atoms with E-state index in [1.807, 2.05) is 4.90 Å². The van der Waals surface area contributed by atoms with Crippen LogP contribution >= 0.6 is 0 Å². The van der Waals surface area contributed by atoms with E-state index in [0.29, 0.717) is 44.3 Å². The molecule has 1 aromatic heterocycles. The molecular weight excluding hydrogens is 294 g/mol. The lowest BCUT2D eigenvalue weighted by atomic mass is 9.93. The highest BCUT2D eigenvalue weighted by Crippen LogP contribution is 2.21. The first kappa shape index (κ1) is 16.1. The zero-order valence-electron chi connectivity index (χ0n) is 13.7. The smallest absolute Gasteiger partial charge is 0.289 e. The SMILES string of the molecule is CN1CCC(CC(=O)N2CCN(C(=O)c3ccco3)CC2)CC1. The second-order valence-electron chi connectivity index (χ2n) is 6.60. The van der Waals surface area contributed by atoms with Crippen LogP contribution in [0.2, 0.25) is 0 Å². The van der Waals surface area contributed by atoms with Crippen molar-refractivity contribution in [3.63, 3.8) is 0 Å². The Morgan fingerprint density at radius 2 is 1.74 bits per heavy atom. The number of piperazine rings is 1. The first-order valence-electron chi connectivity index (χ1n) is 8.42. The minimum atomic E-state index is -0.0857. The topological polar surface area (TPSA) is 57.0 Å². The average molecular weight is 319 g/mol. The van der Waals surface area contributed by atoms with Gasteiger partial charge in [0.05, 0.1) is 6.26 Å². The van der Waals surface area contributed by atoms with E-state index in [2.05, 4.69) is 11.9 Å². The van der Waals surface area contributed by atoms with Crippen LogP contribution in [-0.4, -0.2) is 72.8 Å². The summed E-state index contributed by atoms with van der Waals surface area (Å²) in [6.45, 7) is 4.58. The minimum Gasteiger partial charge on any atom is -0.459 e. The number of rotatable bonds is 3. The molecular formula is C17H25N3O3. The van der Waals surface area contributed by atoms with E-state index >= 15 is 0 Å². The van der Waals surface area contributed by atoms with Crippen LogP contribution in [0.5, 0.6) is 0 Å². The lowest BCUT2D eigenvalue weighted by Crippen LogP contribution is -2.51. The Morgan fingerprint density at radius 1 is 1.09 bits per heavy atom. The molecule has 0 spiro atoms. The van der Waals surface area contributed by atoms with E-state index < -0.39 is 0 Å². The van der Waals surface area contributed by atoms with Crippen molar-refractivity contribution in [2.24, 2.45) is 5.92 Å². The van der Waals surface area contributed by atoms with Gasteiger partial charge in [0, 0.05) is 32.6 Å². The molecule has 2 amide bonds. The third-order valence-corrected chi connectivity index (χ3v) is 4.95. The Hall–Kier alpha value is -1.82. The van der Waals surface area contributed by atoms with Gasteiger partial charge in [-0.05, 0) is 51.0 Å². The molecule has 3 heterocycles. The molecule has 2 aliphatic rings. The summed E-state index contributed by atoms with van der Waals surface area (Å²) in [4.78, 5) is 30.6. The van der Waals surface area contributed by atoms with E-state index in [9.17, 15) is 9.59 Å². The summed E-state index contributed by atoms with van der Waals surface area (Å²) in [5, 5.41) is 0. The number of carbonyl (C=O) groups excluding carboxylic acids is 2. The molecule has 126 valence electrons. The molecule has 0 unspecified atom stereocenters. The molecule has 23 heavy (non-hydrogen) atoms. The third-order valence-electron chi connectivity index (χ3n) is 4.95. The Morgan fingerprint density at radius 3 is 2.35 bits per heavy atom. The quantitative estimate of drug-likeness (QED) is 0.842. The summed E-state index contributed by atoms with van der Waals surface area (Å²) in [6, 6.07) is 3.40. The van der Waals surface area contributed by atoms with Crippen molar-refractivity contribution in [2.45, 2.75) is 19.3 Å². The van der Waals surface area contributed by atoms with Crippen LogP contribution in [0.15, 0.2) is 22.8 Å². The van der Waals surface area contributed by atoms with Crippen molar-refractivity contribution >= 4 is 11.8 Å². The number of likely N-dealkylation sites (tertiary alicyclic amines) is 1. The van der Waals surface area contributed by atoms with Crippen LogP contribution in [0.4, 0.5) is 0 Å². The van der Waals surface area contributed by atoms with Crippen molar-refractivity contribution in [1.29, 1.82) is 0 Å². The maximum Gasteiger partial charge on any atom is 0.289 e. The van der Waals surface area contributed by atoms with Gasteiger partial charge < -0.3 is 19.1 Å². The van der Waals surface area contributed by atoms with Crippen molar-refractivity contribution in [2.75, 3.05) is 46.3 Å². The van der Waals surface area contributed by atoms with Crippen LogP contribution < -0.4 is 0 Å². The van der Waals surface area contributed by atoms with E-state index in [-0.39, 0.29) is 11.8 Å². The molecule has 0 radical (unpaired) electrons. The van der Waals surface area contributed by atoms with Gasteiger partial charge in [0.2, 0.25) is 5.91 Å². The van der Waals surface area contributed by atoms with Gasteiger partial charge in [-0.1, -0.05) is 0 Å². The summed E-state index contributed by atoms with van der Waals surface area (Å²) < 4.78 is 5.16. The Balaban J connectivity index is 1.45. The molecule has 3 rings (SSSR count). The predicted molar refractivity (Wildman–Crippen MR) is 86.0 cm³/mol. The molecule has 6 heteroatoms. The average Bonchev–Trinajstić information content (AvgIpc) is 3.11. The molecule has 6 nitrogen and oxygen atoms in total. The fraction of sp³-hybridized carbons (Fsp3) is 0.647. The van der Waals surface area contributed by atoms with Gasteiger partial charge in [0.25, 0.3) is 5.91 Å². The summed E-state index contributed by atoms with van der Waals surface area (Å²) >= 11 is 0. The highest BCUT2D eigenvalue weighted by molar-refractivity contribution is 5.91. The van der Waals surface area contributed by atoms with E-state index in [1.165, 1.54) is 6.26 Å². The molecule has 1 aromatic rings. The van der Waals surface area contributed by atoms with Crippen LogP contribution in [0, 0.1) is 5.92 Å². The molecule has 2 fully saturated rings. The van der Waals surface area contributed by atoms with Gasteiger partial charge in [-0.3, -0.25) is 9.59 Å². The lowest BCUT2D eigenvalue weighted by Gasteiger charge is -2.36. The number of nitrogens with zero attached hydrogens (tertiary/aromatic N) is 3. The van der Waals surface area contributed by atoms with Crippen molar-refractivity contribution in [1.82, 2.24) is 14.7 Å². The first-order chi connectivity index (χ1) is 11.1. The Labute approximate surface area is 137 Å². The summed E-state index contributed by atoms with van der Waals surface area (Å²) in [6.07, 6.45) is 4.38. The molecule has 0 saturated carbocycles. The molecule has 2 saturated heterocycles. The van der Waals surface area contributed by atoms with Crippen molar-refractivity contribution in [3.8, 4) is 0 Å². The molecule has 0 N–H and O–H groups in total. The number of hydrogen-bond acceptors (Lipinski definition) is 4. The predicted octanol–water partition coefficient (Wildman–Crippen LogP) is 1.30. The minimum absolute atomic E-state index is 0.0857. The second-order valence-corrected chi connectivity index (χ2v) is 6.60. The largest absolute Gasteiger partial charge is 0.459 e. The zero-order chi connectivity index (χ0) is 16.2. The molecule has 0 aliphatic carbocycles. The van der Waals surface area contributed by atoms with Gasteiger partial charge in [0.1, 0.15) is 0 Å². The number of carbonyl (C=O) groups is 2. The highest BCUT2D eigenvalue weighted by Gasteiger charge is 2.28. The van der Waals surface area contributed by atoms with Crippen LogP contribution in [-0.2, 0) is 4.79 Å². The normalized spacial score (nSPS) is 20.7. The van der Waals surface area contributed by atoms with Gasteiger partial charge in [0.15, 0.2) is 5.76 Å². The third kappa shape index (κ3) is 3.93. The fourth-order valence-electron chi connectivity index (χ4n) is 3.36. The zero-order valence-corrected chi connectivity index (χ0v) is 13.7. The standard InChI is InChI=1S/C17H25N3O3/c1-18-6-4-14(5-7-18)13-16(21)19-8-10-20(11-9-19)17(22)15-3-2-12-23-15/h2-3,12,14H,4-11,13H2,1H3. The lowest BCUT2D eigenvalue weighted by molar-refractivity contribution is -0.134. The Kier molecular flexibility index (Phi) is 5.00. The maximum absolute atomic E-state index is 12.4. The van der Waals surface area contributed by atoms with Crippen LogP contribution in [0.1, 0.15) is 29.8 Å². The van der Waals surface area contributed by atoms with E-state index in [1.54, 1.807) is 17.0 Å².